The van der Waals surface area contributed by atoms with Crippen molar-refractivity contribution < 1.29 is 9.59 Å². The zero-order valence-electron chi connectivity index (χ0n) is 14.4. The Balaban J connectivity index is 2.28. The largest absolute Gasteiger partial charge is 0.359 e. The average molecular weight is 329 g/mol. The van der Waals surface area contributed by atoms with Gasteiger partial charge in [-0.25, -0.2) is 0 Å². The van der Waals surface area contributed by atoms with Crippen LogP contribution in [0.15, 0.2) is 29.1 Å². The Morgan fingerprint density at radius 3 is 2.62 bits per heavy atom. The molecule has 0 aliphatic heterocycles. The molecule has 0 aliphatic rings. The van der Waals surface area contributed by atoms with Crippen LogP contribution in [-0.2, 0) is 4.79 Å². The lowest BCUT2D eigenvalue weighted by molar-refractivity contribution is -0.121. The van der Waals surface area contributed by atoms with Gasteiger partial charge in [-0.1, -0.05) is 6.07 Å². The topological polar surface area (TPSA) is 91.1 Å². The summed E-state index contributed by atoms with van der Waals surface area (Å²) in [4.78, 5) is 39.3. The van der Waals surface area contributed by atoms with E-state index in [0.29, 0.717) is 35.0 Å². The Morgan fingerprint density at radius 1 is 1.25 bits per heavy atom. The van der Waals surface area contributed by atoms with Crippen LogP contribution in [0, 0.1) is 6.92 Å². The molecule has 2 rings (SSSR count). The molecule has 0 atom stereocenters. The molecule has 0 bridgehead atoms. The molecule has 3 N–H and O–H groups in total. The molecule has 24 heavy (non-hydrogen) atoms. The summed E-state index contributed by atoms with van der Waals surface area (Å²) in [5.74, 6) is -0.341. The minimum absolute atomic E-state index is 0.0672. The number of hydrogen-bond acceptors (Lipinski definition) is 3. The first-order valence-corrected chi connectivity index (χ1v) is 7.89. The standard InChI is InChI=1S/C18H23N3O3/c1-11-10-14(22)12-6-5-7-13(16(12)20-11)17(24)21-18(2,3)9-8-15(23)19-4/h5-7,10H,8-9H2,1-4H3,(H,19,23)(H,20,22)(H,21,24). The summed E-state index contributed by atoms with van der Waals surface area (Å²) < 4.78 is 0. The lowest BCUT2D eigenvalue weighted by Gasteiger charge is -2.26. The number of rotatable bonds is 5. The second-order valence-electron chi connectivity index (χ2n) is 6.56. The van der Waals surface area contributed by atoms with E-state index in [9.17, 15) is 14.4 Å². The maximum atomic E-state index is 12.7. The Hall–Kier alpha value is -2.63. The lowest BCUT2D eigenvalue weighted by atomic mass is 9.97. The number of nitrogens with one attached hydrogen (secondary N) is 3. The van der Waals surface area contributed by atoms with E-state index in [4.69, 9.17) is 0 Å². The smallest absolute Gasteiger partial charge is 0.253 e. The van der Waals surface area contributed by atoms with Crippen molar-refractivity contribution in [3.8, 4) is 0 Å². The fraction of sp³-hybridized carbons (Fsp3) is 0.389. The minimum atomic E-state index is -0.546. The summed E-state index contributed by atoms with van der Waals surface area (Å²) in [6.45, 7) is 5.52. The Labute approximate surface area is 140 Å². The van der Waals surface area contributed by atoms with E-state index in [1.165, 1.54) is 6.07 Å². The zero-order valence-corrected chi connectivity index (χ0v) is 14.4. The summed E-state index contributed by atoms with van der Waals surface area (Å²) in [7, 11) is 1.59. The maximum Gasteiger partial charge on any atom is 0.253 e. The molecule has 0 radical (unpaired) electrons. The van der Waals surface area contributed by atoms with Gasteiger partial charge in [-0.2, -0.15) is 0 Å². The van der Waals surface area contributed by atoms with Crippen molar-refractivity contribution in [3.05, 3.63) is 45.7 Å². The maximum absolute atomic E-state index is 12.7. The van der Waals surface area contributed by atoms with Crippen molar-refractivity contribution in [3.63, 3.8) is 0 Å². The van der Waals surface area contributed by atoms with Crippen LogP contribution in [0.5, 0.6) is 0 Å². The number of carbonyl (C=O) groups excluding carboxylic acids is 2. The summed E-state index contributed by atoms with van der Waals surface area (Å²) >= 11 is 0. The van der Waals surface area contributed by atoms with E-state index in [0.717, 1.165) is 0 Å². The normalized spacial score (nSPS) is 11.3. The Morgan fingerprint density at radius 2 is 1.96 bits per heavy atom. The molecule has 128 valence electrons. The number of para-hydroxylation sites is 1. The number of amides is 2. The second kappa shape index (κ2) is 6.86. The predicted molar refractivity (Wildman–Crippen MR) is 94.2 cm³/mol. The molecule has 1 aromatic heterocycles. The van der Waals surface area contributed by atoms with Crippen LogP contribution in [-0.4, -0.2) is 29.4 Å². The van der Waals surface area contributed by atoms with Gasteiger partial charge in [0.05, 0.1) is 11.1 Å². The summed E-state index contributed by atoms with van der Waals surface area (Å²) in [6.07, 6.45) is 0.841. The molecular weight excluding hydrogens is 306 g/mol. The molecule has 6 nitrogen and oxygen atoms in total. The highest BCUT2D eigenvalue weighted by Crippen LogP contribution is 2.17. The van der Waals surface area contributed by atoms with Crippen molar-refractivity contribution in [2.24, 2.45) is 0 Å². The number of benzene rings is 1. The highest BCUT2D eigenvalue weighted by atomic mass is 16.2. The van der Waals surface area contributed by atoms with Gasteiger partial charge in [-0.05, 0) is 39.3 Å². The van der Waals surface area contributed by atoms with Gasteiger partial charge in [-0.15, -0.1) is 0 Å². The van der Waals surface area contributed by atoms with Crippen LogP contribution in [0.25, 0.3) is 10.9 Å². The molecule has 2 aromatic rings. The van der Waals surface area contributed by atoms with E-state index in [1.54, 1.807) is 32.2 Å². The number of carbonyl (C=O) groups is 2. The fourth-order valence-corrected chi connectivity index (χ4v) is 2.58. The quantitative estimate of drug-likeness (QED) is 0.782. The highest BCUT2D eigenvalue weighted by molar-refractivity contribution is 6.05. The van der Waals surface area contributed by atoms with Crippen LogP contribution in [0.4, 0.5) is 0 Å². The van der Waals surface area contributed by atoms with Crippen molar-refractivity contribution in [2.75, 3.05) is 7.05 Å². The van der Waals surface area contributed by atoms with Gasteiger partial charge in [0.15, 0.2) is 5.43 Å². The number of aromatic nitrogens is 1. The number of aromatic amines is 1. The van der Waals surface area contributed by atoms with Crippen molar-refractivity contribution in [1.82, 2.24) is 15.6 Å². The van der Waals surface area contributed by atoms with Crippen LogP contribution < -0.4 is 16.1 Å². The molecular formula is C18H23N3O3. The van der Waals surface area contributed by atoms with Gasteiger partial charge < -0.3 is 15.6 Å². The molecule has 1 aromatic carbocycles. The van der Waals surface area contributed by atoms with Gasteiger partial charge in [-0.3, -0.25) is 14.4 Å². The van der Waals surface area contributed by atoms with Crippen molar-refractivity contribution in [2.45, 2.75) is 39.2 Å². The Bertz CT molecular complexity index is 837. The van der Waals surface area contributed by atoms with Gasteiger partial charge in [0.25, 0.3) is 5.91 Å². The minimum Gasteiger partial charge on any atom is -0.359 e. The molecule has 0 saturated heterocycles. The van der Waals surface area contributed by atoms with Gasteiger partial charge in [0, 0.05) is 36.2 Å². The molecule has 0 unspecified atom stereocenters. The fourth-order valence-electron chi connectivity index (χ4n) is 2.58. The first-order valence-electron chi connectivity index (χ1n) is 7.89. The number of pyridine rings is 1. The number of H-pyrrole nitrogens is 1. The first-order chi connectivity index (χ1) is 11.2. The van der Waals surface area contributed by atoms with Gasteiger partial charge >= 0.3 is 0 Å². The van der Waals surface area contributed by atoms with Crippen molar-refractivity contribution in [1.29, 1.82) is 0 Å². The van der Waals surface area contributed by atoms with E-state index >= 15 is 0 Å². The van der Waals surface area contributed by atoms with E-state index in [2.05, 4.69) is 15.6 Å². The summed E-state index contributed by atoms with van der Waals surface area (Å²) in [5.41, 5.74) is 0.986. The average Bonchev–Trinajstić information content (AvgIpc) is 2.51. The van der Waals surface area contributed by atoms with Crippen LogP contribution >= 0.6 is 0 Å². The predicted octanol–water partition coefficient (Wildman–Crippen LogP) is 1.87. The first kappa shape index (κ1) is 17.7. The second-order valence-corrected chi connectivity index (χ2v) is 6.56. The third-order valence-electron chi connectivity index (χ3n) is 3.95. The third kappa shape index (κ3) is 4.01. The molecule has 1 heterocycles. The Kier molecular flexibility index (Phi) is 5.07. The van der Waals surface area contributed by atoms with E-state index < -0.39 is 5.54 Å². The highest BCUT2D eigenvalue weighted by Gasteiger charge is 2.23. The summed E-state index contributed by atoms with van der Waals surface area (Å²) in [5, 5.41) is 5.99. The summed E-state index contributed by atoms with van der Waals surface area (Å²) in [6, 6.07) is 6.58. The van der Waals surface area contributed by atoms with E-state index in [1.807, 2.05) is 13.8 Å². The number of fused-ring (bicyclic) bond motifs is 1. The molecule has 0 saturated carbocycles. The molecule has 0 spiro atoms. The molecule has 6 heteroatoms. The van der Waals surface area contributed by atoms with Gasteiger partial charge in [0.2, 0.25) is 5.91 Å². The molecule has 2 amide bonds. The monoisotopic (exact) mass is 329 g/mol. The molecule has 0 aliphatic carbocycles. The van der Waals surface area contributed by atoms with Crippen molar-refractivity contribution >= 4 is 22.7 Å². The van der Waals surface area contributed by atoms with Gasteiger partial charge in [0.1, 0.15) is 0 Å². The van der Waals surface area contributed by atoms with Crippen LogP contribution in [0.3, 0.4) is 0 Å². The third-order valence-corrected chi connectivity index (χ3v) is 3.95. The lowest BCUT2D eigenvalue weighted by Crippen LogP contribution is -2.44. The SMILES string of the molecule is CNC(=O)CCC(C)(C)NC(=O)c1cccc2c(=O)cc(C)[nH]c12. The van der Waals surface area contributed by atoms with E-state index in [-0.39, 0.29) is 17.2 Å². The number of aryl methyl sites for hydroxylation is 1. The molecule has 0 fully saturated rings. The zero-order chi connectivity index (χ0) is 17.9. The van der Waals surface area contributed by atoms with Crippen LogP contribution in [0.1, 0.15) is 42.7 Å². The van der Waals surface area contributed by atoms with Crippen LogP contribution in [0.2, 0.25) is 0 Å². The number of hydrogen-bond donors (Lipinski definition) is 3.